The molecule has 1 amide bonds. The van der Waals surface area contributed by atoms with E-state index >= 15 is 0 Å². The van der Waals surface area contributed by atoms with Crippen LogP contribution in [0.1, 0.15) is 18.5 Å². The van der Waals surface area contributed by atoms with E-state index in [9.17, 15) is 18.0 Å². The van der Waals surface area contributed by atoms with Crippen molar-refractivity contribution in [2.75, 3.05) is 18.9 Å². The predicted octanol–water partition coefficient (Wildman–Crippen LogP) is 4.22. The van der Waals surface area contributed by atoms with E-state index in [2.05, 4.69) is 10.1 Å². The highest BCUT2D eigenvalue weighted by atomic mass is 19.4. The lowest BCUT2D eigenvalue weighted by Gasteiger charge is -2.24. The van der Waals surface area contributed by atoms with Gasteiger partial charge in [-0.05, 0) is 43.8 Å². The number of likely N-dealkylation sites (N-methyl/N-ethyl adjacent to an activating group) is 1. The lowest BCUT2D eigenvalue weighted by Crippen LogP contribution is -2.32. The number of hydrogen-bond acceptors (Lipinski definition) is 3. The van der Waals surface area contributed by atoms with E-state index in [-0.39, 0.29) is 24.2 Å². The largest absolute Gasteiger partial charge is 0.573 e. The van der Waals surface area contributed by atoms with Crippen molar-refractivity contribution in [2.45, 2.75) is 19.3 Å². The van der Waals surface area contributed by atoms with Gasteiger partial charge in [0.15, 0.2) is 0 Å². The van der Waals surface area contributed by atoms with Gasteiger partial charge in [-0.1, -0.05) is 30.3 Å². The highest BCUT2D eigenvalue weighted by Gasteiger charge is 2.30. The highest BCUT2D eigenvalue weighted by Crippen LogP contribution is 2.24. The molecule has 0 aliphatic rings. The van der Waals surface area contributed by atoms with Crippen LogP contribution < -0.4 is 10.1 Å². The van der Waals surface area contributed by atoms with Gasteiger partial charge in [-0.3, -0.25) is 9.69 Å². The average molecular weight is 352 g/mol. The Kier molecular flexibility index (Phi) is 6.03. The van der Waals surface area contributed by atoms with Gasteiger partial charge in [0.05, 0.1) is 6.54 Å². The number of rotatable bonds is 6. The minimum absolute atomic E-state index is 0.0505. The van der Waals surface area contributed by atoms with Crippen LogP contribution in [0.2, 0.25) is 0 Å². The van der Waals surface area contributed by atoms with E-state index in [1.807, 2.05) is 49.2 Å². The number of alkyl halides is 3. The van der Waals surface area contributed by atoms with E-state index < -0.39 is 6.36 Å². The van der Waals surface area contributed by atoms with Crippen molar-refractivity contribution in [3.63, 3.8) is 0 Å². The fraction of sp³-hybridized carbons (Fsp3) is 0.278. The molecule has 1 N–H and O–H groups in total. The van der Waals surface area contributed by atoms with Gasteiger partial charge in [0.2, 0.25) is 5.91 Å². The third-order valence-corrected chi connectivity index (χ3v) is 3.71. The van der Waals surface area contributed by atoms with Crippen molar-refractivity contribution in [1.82, 2.24) is 4.90 Å². The number of carbonyl (C=O) groups excluding carboxylic acids is 1. The number of nitrogens with zero attached hydrogens (tertiary/aromatic N) is 1. The maximum Gasteiger partial charge on any atom is 0.573 e. The molecule has 0 aliphatic carbocycles. The van der Waals surface area contributed by atoms with Gasteiger partial charge in [-0.15, -0.1) is 13.2 Å². The molecule has 25 heavy (non-hydrogen) atoms. The summed E-state index contributed by atoms with van der Waals surface area (Å²) < 4.78 is 40.1. The van der Waals surface area contributed by atoms with Gasteiger partial charge in [-0.25, -0.2) is 0 Å². The molecule has 0 aliphatic heterocycles. The van der Waals surface area contributed by atoms with Crippen LogP contribution in [0.25, 0.3) is 0 Å². The molecule has 0 bridgehead atoms. The minimum Gasteiger partial charge on any atom is -0.406 e. The summed E-state index contributed by atoms with van der Waals surface area (Å²) in [6, 6.07) is 14.8. The summed E-state index contributed by atoms with van der Waals surface area (Å²) in [5, 5.41) is 2.65. The molecule has 1 atom stereocenters. The first-order valence-corrected chi connectivity index (χ1v) is 7.65. The van der Waals surface area contributed by atoms with Gasteiger partial charge in [0.1, 0.15) is 5.75 Å². The number of amides is 1. The van der Waals surface area contributed by atoms with Crippen molar-refractivity contribution in [1.29, 1.82) is 0 Å². The Morgan fingerprint density at radius 2 is 1.72 bits per heavy atom. The summed E-state index contributed by atoms with van der Waals surface area (Å²) in [7, 11) is 1.83. The van der Waals surface area contributed by atoms with Crippen LogP contribution in [0.15, 0.2) is 54.6 Å². The zero-order valence-corrected chi connectivity index (χ0v) is 13.9. The Hall–Kier alpha value is -2.54. The standard InChI is InChI=1S/C18H19F3N2O2/c1-13(14-6-4-3-5-7-14)23(2)12-17(24)22-15-8-10-16(11-9-15)25-18(19,20)21/h3-11,13H,12H2,1-2H3,(H,22,24)/t13-/m0/s1. The van der Waals surface area contributed by atoms with Crippen molar-refractivity contribution < 1.29 is 22.7 Å². The van der Waals surface area contributed by atoms with Gasteiger partial charge in [0, 0.05) is 11.7 Å². The zero-order valence-electron chi connectivity index (χ0n) is 13.9. The second-order valence-electron chi connectivity index (χ2n) is 5.62. The topological polar surface area (TPSA) is 41.6 Å². The molecule has 0 aromatic heterocycles. The smallest absolute Gasteiger partial charge is 0.406 e. The normalized spacial score (nSPS) is 12.7. The number of carbonyl (C=O) groups is 1. The molecule has 134 valence electrons. The molecule has 2 aromatic rings. The Balaban J connectivity index is 1.89. The molecule has 0 unspecified atom stereocenters. The Labute approximate surface area is 144 Å². The summed E-state index contributed by atoms with van der Waals surface area (Å²) in [6.45, 7) is 2.14. The first-order chi connectivity index (χ1) is 11.7. The molecule has 0 saturated carbocycles. The molecule has 0 saturated heterocycles. The molecule has 0 heterocycles. The summed E-state index contributed by atoms with van der Waals surface area (Å²) >= 11 is 0. The van der Waals surface area contributed by atoms with Crippen molar-refractivity contribution >= 4 is 11.6 Å². The van der Waals surface area contributed by atoms with Gasteiger partial charge >= 0.3 is 6.36 Å². The second-order valence-corrected chi connectivity index (χ2v) is 5.62. The van der Waals surface area contributed by atoms with Crippen LogP contribution in [-0.2, 0) is 4.79 Å². The maximum absolute atomic E-state index is 12.1. The average Bonchev–Trinajstić information content (AvgIpc) is 2.55. The number of ether oxygens (including phenoxy) is 1. The molecule has 2 rings (SSSR count). The number of halogens is 3. The van der Waals surface area contributed by atoms with E-state index in [0.717, 1.165) is 17.7 Å². The minimum atomic E-state index is -4.74. The molecule has 0 spiro atoms. The SMILES string of the molecule is C[C@@H](c1ccccc1)N(C)CC(=O)Nc1ccc(OC(F)(F)F)cc1. The Morgan fingerprint density at radius 1 is 1.12 bits per heavy atom. The van der Waals surface area contributed by atoms with Crippen LogP contribution in [0.5, 0.6) is 5.75 Å². The van der Waals surface area contributed by atoms with Gasteiger partial charge < -0.3 is 10.1 Å². The fourth-order valence-electron chi connectivity index (χ4n) is 2.29. The lowest BCUT2D eigenvalue weighted by molar-refractivity contribution is -0.274. The van der Waals surface area contributed by atoms with Crippen molar-refractivity contribution in [3.05, 3.63) is 60.2 Å². The van der Waals surface area contributed by atoms with E-state index in [1.165, 1.54) is 12.1 Å². The van der Waals surface area contributed by atoms with Crippen LogP contribution >= 0.6 is 0 Å². The van der Waals surface area contributed by atoms with Gasteiger partial charge in [-0.2, -0.15) is 0 Å². The Morgan fingerprint density at radius 3 is 2.28 bits per heavy atom. The third-order valence-electron chi connectivity index (χ3n) is 3.71. The molecular formula is C18H19F3N2O2. The lowest BCUT2D eigenvalue weighted by atomic mass is 10.1. The molecule has 2 aromatic carbocycles. The first kappa shape index (κ1) is 18.8. The fourth-order valence-corrected chi connectivity index (χ4v) is 2.29. The number of nitrogens with one attached hydrogen (secondary N) is 1. The quantitative estimate of drug-likeness (QED) is 0.846. The van der Waals surface area contributed by atoms with E-state index in [1.54, 1.807) is 0 Å². The second kappa shape index (κ2) is 8.02. The van der Waals surface area contributed by atoms with E-state index in [0.29, 0.717) is 5.69 Å². The van der Waals surface area contributed by atoms with Crippen molar-refractivity contribution in [3.8, 4) is 5.75 Å². The first-order valence-electron chi connectivity index (χ1n) is 7.65. The molecule has 0 radical (unpaired) electrons. The zero-order chi connectivity index (χ0) is 18.4. The van der Waals surface area contributed by atoms with Crippen LogP contribution in [0.4, 0.5) is 18.9 Å². The monoisotopic (exact) mass is 352 g/mol. The number of benzene rings is 2. The third kappa shape index (κ3) is 6.11. The summed E-state index contributed by atoms with van der Waals surface area (Å²) in [6.07, 6.45) is -4.74. The molecular weight excluding hydrogens is 333 g/mol. The molecule has 0 fully saturated rings. The van der Waals surface area contributed by atoms with Crippen LogP contribution in [0, 0.1) is 0 Å². The summed E-state index contributed by atoms with van der Waals surface area (Å²) in [5.41, 5.74) is 1.49. The predicted molar refractivity (Wildman–Crippen MR) is 89.2 cm³/mol. The van der Waals surface area contributed by atoms with Crippen LogP contribution in [0.3, 0.4) is 0 Å². The van der Waals surface area contributed by atoms with E-state index in [4.69, 9.17) is 0 Å². The highest BCUT2D eigenvalue weighted by molar-refractivity contribution is 5.92. The number of anilines is 1. The summed E-state index contributed by atoms with van der Waals surface area (Å²) in [5.74, 6) is -0.588. The molecule has 7 heteroatoms. The molecule has 4 nitrogen and oxygen atoms in total. The van der Waals surface area contributed by atoms with Gasteiger partial charge in [0.25, 0.3) is 0 Å². The van der Waals surface area contributed by atoms with Crippen LogP contribution in [-0.4, -0.2) is 30.8 Å². The Bertz CT molecular complexity index is 688. The number of hydrogen-bond donors (Lipinski definition) is 1. The maximum atomic E-state index is 12.1. The summed E-state index contributed by atoms with van der Waals surface area (Å²) in [4.78, 5) is 14.0. The van der Waals surface area contributed by atoms with Crippen molar-refractivity contribution in [2.24, 2.45) is 0 Å².